The minimum absolute atomic E-state index is 0.199. The number of ketones is 1. The van der Waals surface area contributed by atoms with E-state index in [-0.39, 0.29) is 5.78 Å². The number of benzene rings is 2. The fourth-order valence-electron chi connectivity index (χ4n) is 2.76. The average molecular weight is 262 g/mol. The molecular formula is C19H18O. The quantitative estimate of drug-likeness (QED) is 0.542. The maximum Gasteiger partial charge on any atom is 0.189 e. The van der Waals surface area contributed by atoms with Gasteiger partial charge in [-0.25, -0.2) is 0 Å². The van der Waals surface area contributed by atoms with Crippen LogP contribution in [0.5, 0.6) is 0 Å². The number of hydrogen-bond donors (Lipinski definition) is 0. The molecule has 0 heterocycles. The van der Waals surface area contributed by atoms with Gasteiger partial charge in [0.25, 0.3) is 0 Å². The first-order valence-corrected chi connectivity index (χ1v) is 7.14. The van der Waals surface area contributed by atoms with Gasteiger partial charge in [-0.1, -0.05) is 48.0 Å². The van der Waals surface area contributed by atoms with Crippen LogP contribution in [0.2, 0.25) is 0 Å². The lowest BCUT2D eigenvalue weighted by Crippen LogP contribution is -2.04. The van der Waals surface area contributed by atoms with Gasteiger partial charge in [0.15, 0.2) is 5.78 Å². The fourth-order valence-corrected chi connectivity index (χ4v) is 2.76. The molecule has 0 N–H and O–H groups in total. The molecule has 1 aliphatic carbocycles. The third-order valence-corrected chi connectivity index (χ3v) is 3.83. The van der Waals surface area contributed by atoms with Gasteiger partial charge in [0.05, 0.1) is 0 Å². The van der Waals surface area contributed by atoms with Gasteiger partial charge in [-0.05, 0) is 49.5 Å². The van der Waals surface area contributed by atoms with Crippen LogP contribution < -0.4 is 0 Å². The summed E-state index contributed by atoms with van der Waals surface area (Å²) in [6, 6.07) is 16.3. The van der Waals surface area contributed by atoms with Crippen molar-refractivity contribution in [3.63, 3.8) is 0 Å². The van der Waals surface area contributed by atoms with Gasteiger partial charge in [0.2, 0.25) is 0 Å². The Hall–Kier alpha value is -2.15. The molecule has 0 spiro atoms. The van der Waals surface area contributed by atoms with Crippen LogP contribution in [0.3, 0.4) is 0 Å². The Labute approximate surface area is 120 Å². The lowest BCUT2D eigenvalue weighted by Gasteiger charge is -2.06. The summed E-state index contributed by atoms with van der Waals surface area (Å²) in [7, 11) is 0. The average Bonchev–Trinajstić information content (AvgIpc) is 2.61. The van der Waals surface area contributed by atoms with E-state index in [4.69, 9.17) is 0 Å². The molecule has 2 aromatic rings. The molecule has 0 saturated carbocycles. The molecule has 2 aromatic carbocycles. The molecule has 100 valence electrons. The summed E-state index contributed by atoms with van der Waals surface area (Å²) in [4.78, 5) is 12.7. The van der Waals surface area contributed by atoms with Crippen molar-refractivity contribution in [1.82, 2.24) is 0 Å². The van der Waals surface area contributed by atoms with E-state index >= 15 is 0 Å². The molecule has 0 aliphatic heterocycles. The molecule has 1 nitrogen and oxygen atoms in total. The van der Waals surface area contributed by atoms with Gasteiger partial charge in [0.1, 0.15) is 0 Å². The Morgan fingerprint density at radius 1 is 1.00 bits per heavy atom. The zero-order chi connectivity index (χ0) is 13.9. The molecule has 0 unspecified atom stereocenters. The van der Waals surface area contributed by atoms with E-state index < -0.39 is 0 Å². The number of carbonyl (C=O) groups is 1. The summed E-state index contributed by atoms with van der Waals surface area (Å²) >= 11 is 0. The van der Waals surface area contributed by atoms with E-state index in [9.17, 15) is 4.79 Å². The van der Waals surface area contributed by atoms with Gasteiger partial charge < -0.3 is 0 Å². The van der Waals surface area contributed by atoms with Gasteiger partial charge in [-0.2, -0.15) is 0 Å². The van der Waals surface area contributed by atoms with E-state index in [1.165, 1.54) is 5.56 Å². The fraction of sp³-hybridized carbons (Fsp3) is 0.211. The topological polar surface area (TPSA) is 17.1 Å². The predicted molar refractivity (Wildman–Crippen MR) is 82.9 cm³/mol. The summed E-state index contributed by atoms with van der Waals surface area (Å²) in [5, 5.41) is 0. The summed E-state index contributed by atoms with van der Waals surface area (Å²) < 4.78 is 0. The number of allylic oxidation sites excluding steroid dienone is 1. The summed E-state index contributed by atoms with van der Waals surface area (Å²) in [6.07, 6.45) is 4.94. The standard InChI is InChI=1S/C19H18O/c1-14-10-11-16-8-5-9-17(19(20)18(16)12-14)13-15-6-3-2-4-7-15/h2-4,6-7,10-13H,5,8-9H2,1H3/b17-13+. The Kier molecular flexibility index (Phi) is 3.51. The van der Waals surface area contributed by atoms with Crippen LogP contribution in [0.25, 0.3) is 6.08 Å². The molecule has 1 aliphatic rings. The van der Waals surface area contributed by atoms with Crippen LogP contribution in [0, 0.1) is 6.92 Å². The Morgan fingerprint density at radius 2 is 1.80 bits per heavy atom. The molecule has 0 bridgehead atoms. The van der Waals surface area contributed by atoms with Crippen LogP contribution in [-0.2, 0) is 6.42 Å². The highest BCUT2D eigenvalue weighted by atomic mass is 16.1. The minimum atomic E-state index is 0.199. The van der Waals surface area contributed by atoms with Crippen LogP contribution >= 0.6 is 0 Å². The molecule has 0 atom stereocenters. The first kappa shape index (κ1) is 12.9. The highest BCUT2D eigenvalue weighted by Gasteiger charge is 2.19. The number of rotatable bonds is 1. The van der Waals surface area contributed by atoms with Gasteiger partial charge >= 0.3 is 0 Å². The molecule has 0 radical (unpaired) electrons. The van der Waals surface area contributed by atoms with E-state index in [1.807, 2.05) is 49.4 Å². The van der Waals surface area contributed by atoms with Crippen LogP contribution in [0.4, 0.5) is 0 Å². The smallest absolute Gasteiger partial charge is 0.189 e. The van der Waals surface area contributed by atoms with Crippen LogP contribution in [-0.4, -0.2) is 5.78 Å². The zero-order valence-electron chi connectivity index (χ0n) is 11.7. The molecule has 0 saturated heterocycles. The summed E-state index contributed by atoms with van der Waals surface area (Å²) in [5.41, 5.74) is 5.27. The van der Waals surface area contributed by atoms with Crippen molar-refractivity contribution >= 4 is 11.9 Å². The van der Waals surface area contributed by atoms with E-state index in [0.717, 1.165) is 41.5 Å². The second-order valence-electron chi connectivity index (χ2n) is 5.42. The number of aryl methyl sites for hydroxylation is 2. The third-order valence-electron chi connectivity index (χ3n) is 3.83. The van der Waals surface area contributed by atoms with Gasteiger partial charge in [0, 0.05) is 11.1 Å². The molecular weight excluding hydrogens is 244 g/mol. The normalized spacial score (nSPS) is 16.9. The predicted octanol–water partition coefficient (Wildman–Crippen LogP) is 4.60. The maximum absolute atomic E-state index is 12.7. The lowest BCUT2D eigenvalue weighted by atomic mass is 9.97. The number of hydrogen-bond acceptors (Lipinski definition) is 1. The molecule has 0 aromatic heterocycles. The Morgan fingerprint density at radius 3 is 2.60 bits per heavy atom. The second-order valence-corrected chi connectivity index (χ2v) is 5.42. The summed E-state index contributed by atoms with van der Waals surface area (Å²) in [6.45, 7) is 2.04. The van der Waals surface area contributed by atoms with Crippen molar-refractivity contribution in [2.45, 2.75) is 26.2 Å². The molecule has 20 heavy (non-hydrogen) atoms. The van der Waals surface area contributed by atoms with Gasteiger partial charge in [-0.3, -0.25) is 4.79 Å². The number of fused-ring (bicyclic) bond motifs is 1. The van der Waals surface area contributed by atoms with Crippen molar-refractivity contribution < 1.29 is 4.79 Å². The highest BCUT2D eigenvalue weighted by molar-refractivity contribution is 6.12. The maximum atomic E-state index is 12.7. The molecule has 0 fully saturated rings. The number of carbonyl (C=O) groups excluding carboxylic acids is 1. The first-order valence-electron chi connectivity index (χ1n) is 7.14. The SMILES string of the molecule is Cc1ccc2c(c1)C(=O)/C(=C/c1ccccc1)CCC2. The lowest BCUT2D eigenvalue weighted by molar-refractivity contribution is 0.103. The molecule has 0 amide bonds. The third kappa shape index (κ3) is 2.57. The molecule has 3 rings (SSSR count). The van der Waals surface area contributed by atoms with Crippen molar-refractivity contribution in [3.05, 3.63) is 76.4 Å². The summed E-state index contributed by atoms with van der Waals surface area (Å²) in [5.74, 6) is 0.199. The van der Waals surface area contributed by atoms with Crippen molar-refractivity contribution in [1.29, 1.82) is 0 Å². The minimum Gasteiger partial charge on any atom is -0.289 e. The largest absolute Gasteiger partial charge is 0.289 e. The van der Waals surface area contributed by atoms with E-state index in [0.29, 0.717) is 0 Å². The first-order chi connectivity index (χ1) is 9.74. The monoisotopic (exact) mass is 262 g/mol. The van der Waals surface area contributed by atoms with Crippen molar-refractivity contribution in [2.24, 2.45) is 0 Å². The Bertz CT molecular complexity index is 665. The number of Topliss-reactive ketones (excluding diaryl/α,β-unsaturated/α-hetero) is 1. The Balaban J connectivity index is 2.03. The van der Waals surface area contributed by atoms with Crippen LogP contribution in [0.1, 0.15) is 39.9 Å². The van der Waals surface area contributed by atoms with Crippen molar-refractivity contribution in [3.8, 4) is 0 Å². The van der Waals surface area contributed by atoms with E-state index in [1.54, 1.807) is 0 Å². The highest BCUT2D eigenvalue weighted by Crippen LogP contribution is 2.26. The second kappa shape index (κ2) is 5.46. The zero-order valence-corrected chi connectivity index (χ0v) is 11.7. The molecule has 1 heteroatoms. The van der Waals surface area contributed by atoms with Gasteiger partial charge in [-0.15, -0.1) is 0 Å². The van der Waals surface area contributed by atoms with Crippen molar-refractivity contribution in [2.75, 3.05) is 0 Å². The van der Waals surface area contributed by atoms with Crippen LogP contribution in [0.15, 0.2) is 54.1 Å². The van der Waals surface area contributed by atoms with E-state index in [2.05, 4.69) is 12.1 Å².